The summed E-state index contributed by atoms with van der Waals surface area (Å²) in [5, 5.41) is 3.61. The average molecular weight is 394 g/mol. The predicted molar refractivity (Wildman–Crippen MR) is 105 cm³/mol. The molecule has 2 aliphatic heterocycles. The van der Waals surface area contributed by atoms with Crippen molar-refractivity contribution in [2.45, 2.75) is 51.1 Å². The topological polar surface area (TPSA) is 61.8 Å². The van der Waals surface area contributed by atoms with Crippen molar-refractivity contribution in [1.82, 2.24) is 10.2 Å². The van der Waals surface area contributed by atoms with E-state index >= 15 is 0 Å². The third kappa shape index (κ3) is 4.62. The van der Waals surface area contributed by atoms with Crippen molar-refractivity contribution < 1.29 is 12.8 Å². The highest BCUT2D eigenvalue weighted by Gasteiger charge is 2.29. The molecule has 1 saturated heterocycles. The standard InChI is InChI=1S/C20H28FN3O2S/c21-18-6-5-16-7-9-24(13-17(16)11-18)20(23-19-3-1-2-4-19)22-12-15-8-10-27(25,26)14-15/h5-6,11,15,19H,1-4,7-10,12-14H2,(H,22,23). The van der Waals surface area contributed by atoms with Crippen LogP contribution in [0.4, 0.5) is 4.39 Å². The maximum Gasteiger partial charge on any atom is 0.194 e. The maximum absolute atomic E-state index is 13.7. The van der Waals surface area contributed by atoms with Gasteiger partial charge in [0.2, 0.25) is 0 Å². The highest BCUT2D eigenvalue weighted by atomic mass is 32.2. The fourth-order valence-electron chi connectivity index (χ4n) is 4.43. The average Bonchev–Trinajstić information content (AvgIpc) is 3.27. The normalized spacial score (nSPS) is 25.6. The van der Waals surface area contributed by atoms with Gasteiger partial charge in [0.05, 0.1) is 11.5 Å². The third-order valence-corrected chi connectivity index (χ3v) is 7.83. The van der Waals surface area contributed by atoms with Crippen molar-refractivity contribution in [3.8, 4) is 0 Å². The highest BCUT2D eigenvalue weighted by Crippen LogP contribution is 2.23. The SMILES string of the molecule is O=S1(=O)CCC(CN=C(NC2CCCC2)N2CCc3ccc(F)cc3C2)C1. The number of nitrogens with one attached hydrogen (secondary N) is 1. The Balaban J connectivity index is 1.50. The van der Waals surface area contributed by atoms with Gasteiger partial charge in [-0.3, -0.25) is 4.99 Å². The summed E-state index contributed by atoms with van der Waals surface area (Å²) in [5.74, 6) is 1.32. The van der Waals surface area contributed by atoms with Crippen LogP contribution in [0.25, 0.3) is 0 Å². The molecule has 0 bridgehead atoms. The number of nitrogens with zero attached hydrogens (tertiary/aromatic N) is 2. The molecular weight excluding hydrogens is 365 g/mol. The number of aliphatic imine (C=N–C) groups is 1. The summed E-state index contributed by atoms with van der Waals surface area (Å²) in [6.07, 6.45) is 6.35. The molecule has 1 aromatic rings. The van der Waals surface area contributed by atoms with Gasteiger partial charge in [0.25, 0.3) is 0 Å². The maximum atomic E-state index is 13.7. The Morgan fingerprint density at radius 1 is 1.22 bits per heavy atom. The van der Waals surface area contributed by atoms with Gasteiger partial charge in [0.1, 0.15) is 5.82 Å². The third-order valence-electron chi connectivity index (χ3n) is 5.99. The second kappa shape index (κ2) is 7.78. The van der Waals surface area contributed by atoms with Gasteiger partial charge in [-0.05, 0) is 54.9 Å². The lowest BCUT2D eigenvalue weighted by Gasteiger charge is -2.33. The number of benzene rings is 1. The van der Waals surface area contributed by atoms with Crippen LogP contribution < -0.4 is 5.32 Å². The Bertz CT molecular complexity index is 819. The van der Waals surface area contributed by atoms with Gasteiger partial charge in [-0.15, -0.1) is 0 Å². The summed E-state index contributed by atoms with van der Waals surface area (Å²) in [7, 11) is -2.88. The van der Waals surface area contributed by atoms with Crippen molar-refractivity contribution in [3.63, 3.8) is 0 Å². The number of hydrogen-bond donors (Lipinski definition) is 1. The van der Waals surface area contributed by atoms with Crippen molar-refractivity contribution in [2.75, 3.05) is 24.6 Å². The zero-order valence-electron chi connectivity index (χ0n) is 15.7. The van der Waals surface area contributed by atoms with E-state index in [1.165, 1.54) is 24.5 Å². The molecule has 27 heavy (non-hydrogen) atoms. The summed E-state index contributed by atoms with van der Waals surface area (Å²) in [6.45, 7) is 2.04. The van der Waals surface area contributed by atoms with E-state index in [2.05, 4.69) is 10.2 Å². The molecule has 0 radical (unpaired) electrons. The molecule has 7 heteroatoms. The Morgan fingerprint density at radius 2 is 2.04 bits per heavy atom. The second-order valence-electron chi connectivity index (χ2n) is 8.14. The van der Waals surface area contributed by atoms with E-state index in [1.807, 2.05) is 6.07 Å². The minimum Gasteiger partial charge on any atom is -0.353 e. The molecule has 1 aliphatic carbocycles. The largest absolute Gasteiger partial charge is 0.353 e. The summed E-state index contributed by atoms with van der Waals surface area (Å²) < 4.78 is 37.1. The monoisotopic (exact) mass is 393 g/mol. The van der Waals surface area contributed by atoms with Crippen LogP contribution in [0.1, 0.15) is 43.2 Å². The Morgan fingerprint density at radius 3 is 2.78 bits per heavy atom. The minimum absolute atomic E-state index is 0.116. The van der Waals surface area contributed by atoms with E-state index in [0.717, 1.165) is 37.3 Å². The molecule has 148 valence electrons. The van der Waals surface area contributed by atoms with Crippen molar-refractivity contribution in [1.29, 1.82) is 0 Å². The van der Waals surface area contributed by atoms with Crippen molar-refractivity contribution >= 4 is 15.8 Å². The molecule has 1 unspecified atom stereocenters. The van der Waals surface area contributed by atoms with Gasteiger partial charge < -0.3 is 10.2 Å². The lowest BCUT2D eigenvalue weighted by atomic mass is 10.00. The molecule has 2 heterocycles. The second-order valence-corrected chi connectivity index (χ2v) is 10.4. The molecule has 0 spiro atoms. The van der Waals surface area contributed by atoms with Crippen LogP contribution in [0.2, 0.25) is 0 Å². The number of hydrogen-bond acceptors (Lipinski definition) is 3. The molecule has 1 N–H and O–H groups in total. The highest BCUT2D eigenvalue weighted by molar-refractivity contribution is 7.91. The molecule has 5 nitrogen and oxygen atoms in total. The lowest BCUT2D eigenvalue weighted by Crippen LogP contribution is -2.47. The number of rotatable bonds is 3. The van der Waals surface area contributed by atoms with Crippen LogP contribution in [0, 0.1) is 11.7 Å². The quantitative estimate of drug-likeness (QED) is 0.633. The van der Waals surface area contributed by atoms with E-state index in [-0.39, 0.29) is 23.2 Å². The fourth-order valence-corrected chi connectivity index (χ4v) is 6.28. The molecule has 0 amide bonds. The summed E-state index contributed by atoms with van der Waals surface area (Å²) >= 11 is 0. The molecule has 1 aromatic carbocycles. The first-order valence-corrected chi connectivity index (χ1v) is 11.8. The van der Waals surface area contributed by atoms with E-state index in [0.29, 0.717) is 25.6 Å². The van der Waals surface area contributed by atoms with Crippen LogP contribution in [0.3, 0.4) is 0 Å². The first kappa shape index (κ1) is 18.7. The van der Waals surface area contributed by atoms with Gasteiger partial charge in [0, 0.05) is 25.7 Å². The smallest absolute Gasteiger partial charge is 0.194 e. The molecular formula is C20H28FN3O2S. The van der Waals surface area contributed by atoms with E-state index in [9.17, 15) is 12.8 Å². The Hall–Kier alpha value is -1.63. The predicted octanol–water partition coefficient (Wildman–Crippen LogP) is 2.51. The van der Waals surface area contributed by atoms with Crippen LogP contribution in [0.5, 0.6) is 0 Å². The first-order valence-electron chi connectivity index (χ1n) is 10.0. The summed E-state index contributed by atoms with van der Waals surface area (Å²) in [5.41, 5.74) is 2.22. The minimum atomic E-state index is -2.88. The Kier molecular flexibility index (Phi) is 5.39. The van der Waals surface area contributed by atoms with Crippen LogP contribution >= 0.6 is 0 Å². The van der Waals surface area contributed by atoms with Gasteiger partial charge in [-0.1, -0.05) is 18.9 Å². The molecule has 0 aromatic heterocycles. The van der Waals surface area contributed by atoms with E-state index < -0.39 is 9.84 Å². The van der Waals surface area contributed by atoms with Crippen LogP contribution in [-0.4, -0.2) is 49.9 Å². The van der Waals surface area contributed by atoms with E-state index in [1.54, 1.807) is 6.07 Å². The fraction of sp³-hybridized carbons (Fsp3) is 0.650. The molecule has 3 aliphatic rings. The Labute approximate surface area is 161 Å². The van der Waals surface area contributed by atoms with Gasteiger partial charge >= 0.3 is 0 Å². The zero-order chi connectivity index (χ0) is 18.9. The van der Waals surface area contributed by atoms with Gasteiger partial charge in [-0.25, -0.2) is 12.8 Å². The summed E-state index contributed by atoms with van der Waals surface area (Å²) in [4.78, 5) is 7.03. The zero-order valence-corrected chi connectivity index (χ0v) is 16.5. The van der Waals surface area contributed by atoms with Crippen LogP contribution in [0.15, 0.2) is 23.2 Å². The number of halogens is 1. The molecule has 2 fully saturated rings. The molecule has 1 saturated carbocycles. The number of fused-ring (bicyclic) bond motifs is 1. The van der Waals surface area contributed by atoms with Gasteiger partial charge in [-0.2, -0.15) is 0 Å². The molecule has 1 atom stereocenters. The summed E-state index contributed by atoms with van der Waals surface area (Å²) in [6, 6.07) is 5.47. The van der Waals surface area contributed by atoms with Crippen molar-refractivity contribution in [2.24, 2.45) is 10.9 Å². The van der Waals surface area contributed by atoms with E-state index in [4.69, 9.17) is 4.99 Å². The first-order chi connectivity index (χ1) is 13.0. The van der Waals surface area contributed by atoms with Crippen LogP contribution in [-0.2, 0) is 22.8 Å². The number of guanidine groups is 1. The lowest BCUT2D eigenvalue weighted by molar-refractivity contribution is 0.367. The van der Waals surface area contributed by atoms with Gasteiger partial charge in [0.15, 0.2) is 15.8 Å². The number of sulfone groups is 1. The van der Waals surface area contributed by atoms with Crippen molar-refractivity contribution in [3.05, 3.63) is 35.1 Å². The molecule has 4 rings (SSSR count).